The Balaban J connectivity index is 0.000000296. The molecule has 0 amide bonds. The second kappa shape index (κ2) is 50.5. The van der Waals surface area contributed by atoms with E-state index in [1.165, 1.54) is 24.3 Å². The summed E-state index contributed by atoms with van der Waals surface area (Å²) in [6.45, 7) is 21.1. The summed E-state index contributed by atoms with van der Waals surface area (Å²) in [6.07, 6.45) is 1.68. The van der Waals surface area contributed by atoms with Crippen LogP contribution in [0.1, 0.15) is 94.7 Å². The first kappa shape index (κ1) is 85.2. The number of thioether (sulfide) groups is 1. The highest BCUT2D eigenvalue weighted by molar-refractivity contribution is 7.99. The molecular formula is C74H107N11O19S. The summed E-state index contributed by atoms with van der Waals surface area (Å²) < 4.78 is 65.1. The number of aromatic nitrogens is 4. The maximum Gasteiger partial charge on any atom is 0.354 e. The molecule has 2 saturated heterocycles. The van der Waals surface area contributed by atoms with Gasteiger partial charge in [0.25, 0.3) is 0 Å². The average molecular weight is 1490 g/mol. The van der Waals surface area contributed by atoms with Crippen LogP contribution in [-0.4, -0.2) is 312 Å². The van der Waals surface area contributed by atoms with Gasteiger partial charge in [-0.2, -0.15) is 11.8 Å². The fraction of sp³-hybridized carbons (Fsp3) is 0.568. The van der Waals surface area contributed by atoms with E-state index in [2.05, 4.69) is 51.4 Å². The van der Waals surface area contributed by atoms with E-state index in [4.69, 9.17) is 63.6 Å². The van der Waals surface area contributed by atoms with Crippen molar-refractivity contribution in [2.45, 2.75) is 50.7 Å². The highest BCUT2D eigenvalue weighted by Crippen LogP contribution is 2.34. The van der Waals surface area contributed by atoms with Crippen LogP contribution in [0.25, 0.3) is 5.70 Å². The van der Waals surface area contributed by atoms with Crippen molar-refractivity contribution in [3.05, 3.63) is 160 Å². The first-order valence-corrected chi connectivity index (χ1v) is 37.0. The van der Waals surface area contributed by atoms with Crippen LogP contribution in [0, 0.1) is 5.92 Å². The summed E-state index contributed by atoms with van der Waals surface area (Å²) in [6, 6.07) is 27.7. The second-order valence-corrected chi connectivity index (χ2v) is 26.0. The molecule has 4 aromatic heterocycles. The molecule has 8 rings (SSSR count). The third-order valence-corrected chi connectivity index (χ3v) is 18.2. The minimum atomic E-state index is -1.10. The van der Waals surface area contributed by atoms with Crippen LogP contribution in [-0.2, 0) is 71.7 Å². The molecule has 3 unspecified atom stereocenters. The number of nitrogens with zero attached hydrogens (tertiary/aromatic N) is 8. The SMILES string of the molecule is C=C(NCCOCCOCCN)c1ccc(C(c2cccc(C(=O)O)n2)N2CCOCCOCCN(Cc3cccc(C(=O)O)n3)CCOCCOCC2)cc1.NCCOCCSCC1CC2OCCN(Cc3cccc(C(=O)O)n3)CCOCCOCCN(Cc3cccc(C(=O)O)n3)CCOC2C1. The van der Waals surface area contributed by atoms with Gasteiger partial charge < -0.3 is 89.3 Å². The molecule has 0 radical (unpaired) electrons. The number of benzene rings is 1. The number of carboxylic acids is 4. The molecule has 105 heavy (non-hydrogen) atoms. The third kappa shape index (κ3) is 33.3. The van der Waals surface area contributed by atoms with Crippen molar-refractivity contribution >= 4 is 41.3 Å². The lowest BCUT2D eigenvalue weighted by Crippen LogP contribution is -2.36. The number of nitrogens with two attached hydrogens (primary N) is 2. The summed E-state index contributed by atoms with van der Waals surface area (Å²) in [5.41, 5.74) is 16.1. The standard InChI is InChI=1S/C40H56N6O10.C34H51N5O9S/c1-31(42-13-19-52-25-24-51-18-12-41)32-8-10-33(11-9-32)38(35-5-3-7-37(44-35)40(49)50)46-16-22-55-28-26-53-20-14-45(15-21-54-27-29-56-23-17-46)30-34-4-2-6-36(43-34)39(47)48;35-7-12-44-19-20-49-25-26-21-31-32(22-26)48-16-11-39(24-28-4-2-6-30(37-28)34(42)43)9-14-46-18-17-45-13-8-38(10-15-47-31)23-27-3-1-5-29(36-27)33(40)41/h2-11,38,42H,1,12-30,41H2,(H,47,48)(H,49,50);1-6,26,31-32H,7-25,35H2,(H,40,41)(H,42,43). The van der Waals surface area contributed by atoms with Crippen molar-refractivity contribution in [1.82, 2.24) is 44.9 Å². The molecule has 31 heteroatoms. The van der Waals surface area contributed by atoms with Crippen LogP contribution in [0.4, 0.5) is 0 Å². The number of hydrogen-bond acceptors (Lipinski definition) is 27. The van der Waals surface area contributed by atoms with Crippen LogP contribution in [0.5, 0.6) is 0 Å². The van der Waals surface area contributed by atoms with E-state index >= 15 is 0 Å². The number of hydrogen-bond donors (Lipinski definition) is 7. The van der Waals surface area contributed by atoms with Gasteiger partial charge in [-0.05, 0) is 84.2 Å². The van der Waals surface area contributed by atoms with Crippen molar-refractivity contribution in [2.75, 3.05) is 216 Å². The fourth-order valence-corrected chi connectivity index (χ4v) is 12.7. The van der Waals surface area contributed by atoms with Gasteiger partial charge in [-0.15, -0.1) is 0 Å². The Morgan fingerprint density at radius 3 is 1.28 bits per heavy atom. The van der Waals surface area contributed by atoms with Gasteiger partial charge in [0, 0.05) is 103 Å². The Morgan fingerprint density at radius 2 is 0.857 bits per heavy atom. The van der Waals surface area contributed by atoms with Gasteiger partial charge in [0.2, 0.25) is 0 Å². The van der Waals surface area contributed by atoms with E-state index in [-0.39, 0.29) is 35.0 Å². The highest BCUT2D eigenvalue weighted by Gasteiger charge is 2.36. The molecule has 0 spiro atoms. The van der Waals surface area contributed by atoms with E-state index < -0.39 is 29.9 Å². The molecule has 6 heterocycles. The van der Waals surface area contributed by atoms with E-state index in [1.807, 2.05) is 60.3 Å². The number of aromatic carboxylic acids is 4. The number of nitrogens with one attached hydrogen (secondary N) is 1. The zero-order valence-corrected chi connectivity index (χ0v) is 61.0. The van der Waals surface area contributed by atoms with Gasteiger partial charge in [-0.3, -0.25) is 19.6 Å². The minimum Gasteiger partial charge on any atom is -0.477 e. The van der Waals surface area contributed by atoms with Crippen LogP contribution >= 0.6 is 11.8 Å². The van der Waals surface area contributed by atoms with Crippen molar-refractivity contribution in [2.24, 2.45) is 17.4 Å². The Morgan fingerprint density at radius 1 is 0.476 bits per heavy atom. The van der Waals surface area contributed by atoms with E-state index in [9.17, 15) is 39.6 Å². The van der Waals surface area contributed by atoms with Gasteiger partial charge in [-0.25, -0.2) is 39.1 Å². The van der Waals surface area contributed by atoms with Crippen LogP contribution < -0.4 is 16.8 Å². The van der Waals surface area contributed by atoms with Crippen molar-refractivity contribution in [3.63, 3.8) is 0 Å². The second-order valence-electron chi connectivity index (χ2n) is 24.8. The smallest absolute Gasteiger partial charge is 0.354 e. The van der Waals surface area contributed by atoms with Gasteiger partial charge in [0.1, 0.15) is 22.8 Å². The molecule has 3 atom stereocenters. The van der Waals surface area contributed by atoms with Crippen LogP contribution in [0.2, 0.25) is 0 Å². The third-order valence-electron chi connectivity index (χ3n) is 17.0. The maximum absolute atomic E-state index is 11.9. The Hall–Kier alpha value is -7.09. The number of carboxylic acid groups (broad SMARTS) is 4. The predicted molar refractivity (Wildman–Crippen MR) is 393 cm³/mol. The highest BCUT2D eigenvalue weighted by atomic mass is 32.2. The molecule has 30 nitrogen and oxygen atoms in total. The molecule has 3 aliphatic rings. The maximum atomic E-state index is 11.9. The number of ether oxygens (including phenoxy) is 11. The van der Waals surface area contributed by atoms with Gasteiger partial charge in [0.05, 0.1) is 173 Å². The molecule has 0 bridgehead atoms. The summed E-state index contributed by atoms with van der Waals surface area (Å²) >= 11 is 1.88. The Kier molecular flexibility index (Phi) is 40.9. The molecule has 9 N–H and O–H groups in total. The number of pyridine rings is 4. The zero-order chi connectivity index (χ0) is 74.5. The topological polar surface area (TPSA) is 379 Å². The molecular weight excluding hydrogens is 1380 g/mol. The van der Waals surface area contributed by atoms with E-state index in [0.717, 1.165) is 41.2 Å². The minimum absolute atomic E-state index is 0.00725. The lowest BCUT2D eigenvalue weighted by atomic mass is 9.98. The molecule has 2 aliphatic heterocycles. The lowest BCUT2D eigenvalue weighted by Gasteiger charge is -2.32. The predicted octanol–water partition coefficient (Wildman–Crippen LogP) is 4.51. The summed E-state index contributed by atoms with van der Waals surface area (Å²) in [4.78, 5) is 72.3. The Labute approximate surface area is 619 Å². The average Bonchev–Trinajstić information content (AvgIpc) is 1.25. The fourth-order valence-electron chi connectivity index (χ4n) is 11.7. The summed E-state index contributed by atoms with van der Waals surface area (Å²) in [5.74, 6) is -1.92. The van der Waals surface area contributed by atoms with Crippen molar-refractivity contribution in [3.8, 4) is 0 Å². The number of rotatable bonds is 30. The first-order chi connectivity index (χ1) is 51.3. The first-order valence-electron chi connectivity index (χ1n) is 35.9. The largest absolute Gasteiger partial charge is 0.477 e. The molecule has 578 valence electrons. The monoisotopic (exact) mass is 1490 g/mol. The van der Waals surface area contributed by atoms with Gasteiger partial charge in [-0.1, -0.05) is 55.1 Å². The molecule has 1 aliphatic carbocycles. The molecule has 1 aromatic carbocycles. The van der Waals surface area contributed by atoms with E-state index in [1.54, 1.807) is 24.3 Å². The molecule has 3 fully saturated rings. The summed E-state index contributed by atoms with van der Waals surface area (Å²) in [5, 5.41) is 41.2. The summed E-state index contributed by atoms with van der Waals surface area (Å²) in [7, 11) is 0. The Bertz CT molecular complexity index is 3210. The zero-order valence-electron chi connectivity index (χ0n) is 60.2. The normalized spacial score (nSPS) is 19.4. The van der Waals surface area contributed by atoms with Crippen LogP contribution in [0.3, 0.4) is 0 Å². The van der Waals surface area contributed by atoms with Gasteiger partial charge in [0.15, 0.2) is 0 Å². The quantitative estimate of drug-likeness (QED) is 0.0311. The van der Waals surface area contributed by atoms with Gasteiger partial charge >= 0.3 is 23.9 Å². The van der Waals surface area contributed by atoms with Crippen LogP contribution in [0.15, 0.2) is 104 Å². The number of carbonyl (C=O) groups is 4. The van der Waals surface area contributed by atoms with Crippen molar-refractivity contribution < 1.29 is 91.7 Å². The van der Waals surface area contributed by atoms with Crippen molar-refractivity contribution in [1.29, 1.82) is 0 Å². The van der Waals surface area contributed by atoms with E-state index in [0.29, 0.717) is 252 Å². The molecule has 5 aromatic rings. The molecule has 1 saturated carbocycles. The lowest BCUT2D eigenvalue weighted by molar-refractivity contribution is -0.0669. The number of fused-ring (bicyclic) bond motifs is 1.